The molecule has 0 aliphatic heterocycles. The molecule has 1 aliphatic rings. The topological polar surface area (TPSA) is 38.0 Å². The number of nitrogens with zero attached hydrogens (tertiary/aromatic N) is 2. The number of hydrogen-bond donors (Lipinski definition) is 1. The van der Waals surface area contributed by atoms with Crippen molar-refractivity contribution in [3.8, 4) is 5.69 Å². The van der Waals surface area contributed by atoms with Gasteiger partial charge in [0.1, 0.15) is 0 Å². The highest BCUT2D eigenvalue weighted by Crippen LogP contribution is 2.28. The van der Waals surface area contributed by atoms with Crippen LogP contribution >= 0.6 is 15.9 Å². The molecule has 2 aromatic rings. The van der Waals surface area contributed by atoms with Gasteiger partial charge in [-0.05, 0) is 59.3 Å². The molecule has 0 unspecified atom stereocenters. The van der Waals surface area contributed by atoms with E-state index in [1.54, 1.807) is 0 Å². The Hall–Kier alpha value is -1.13. The molecule has 1 aromatic heterocycles. The third-order valence-electron chi connectivity index (χ3n) is 3.48. The van der Waals surface area contributed by atoms with Gasteiger partial charge in [0.05, 0.1) is 24.3 Å². The SMILES string of the molecule is OCc1ccc(-n2cnc3c2CCCC3)c(Br)c1. The second-order valence-electron chi connectivity index (χ2n) is 4.66. The van der Waals surface area contributed by atoms with Gasteiger partial charge in [-0.15, -0.1) is 0 Å². The van der Waals surface area contributed by atoms with Crippen LogP contribution in [-0.4, -0.2) is 14.7 Å². The van der Waals surface area contributed by atoms with Crippen LogP contribution in [0.3, 0.4) is 0 Å². The minimum Gasteiger partial charge on any atom is -0.392 e. The first-order valence-electron chi connectivity index (χ1n) is 6.24. The molecule has 94 valence electrons. The van der Waals surface area contributed by atoms with Crippen LogP contribution in [-0.2, 0) is 19.4 Å². The van der Waals surface area contributed by atoms with E-state index in [2.05, 4.69) is 25.5 Å². The van der Waals surface area contributed by atoms with Gasteiger partial charge in [0, 0.05) is 10.2 Å². The summed E-state index contributed by atoms with van der Waals surface area (Å²) in [6.45, 7) is 0.0704. The summed E-state index contributed by atoms with van der Waals surface area (Å²) < 4.78 is 3.17. The number of rotatable bonds is 2. The summed E-state index contributed by atoms with van der Waals surface area (Å²) in [4.78, 5) is 4.51. The normalized spacial score (nSPS) is 14.6. The Morgan fingerprint density at radius 2 is 2.11 bits per heavy atom. The number of aromatic nitrogens is 2. The van der Waals surface area contributed by atoms with Crippen LogP contribution in [0, 0.1) is 0 Å². The monoisotopic (exact) mass is 306 g/mol. The average Bonchev–Trinajstić information content (AvgIpc) is 2.82. The van der Waals surface area contributed by atoms with E-state index >= 15 is 0 Å². The molecule has 4 heteroatoms. The quantitative estimate of drug-likeness (QED) is 0.926. The summed E-state index contributed by atoms with van der Waals surface area (Å²) in [6, 6.07) is 5.95. The molecule has 0 amide bonds. The van der Waals surface area contributed by atoms with Gasteiger partial charge >= 0.3 is 0 Å². The van der Waals surface area contributed by atoms with E-state index in [1.807, 2.05) is 24.5 Å². The Morgan fingerprint density at radius 3 is 2.89 bits per heavy atom. The fraction of sp³-hybridized carbons (Fsp3) is 0.357. The summed E-state index contributed by atoms with van der Waals surface area (Å²) in [5, 5.41) is 9.14. The average molecular weight is 307 g/mol. The molecular weight excluding hydrogens is 292 g/mol. The van der Waals surface area contributed by atoms with E-state index in [4.69, 9.17) is 5.11 Å². The van der Waals surface area contributed by atoms with Gasteiger partial charge < -0.3 is 9.67 Å². The molecule has 18 heavy (non-hydrogen) atoms. The Balaban J connectivity index is 2.07. The van der Waals surface area contributed by atoms with Crippen LogP contribution in [0.15, 0.2) is 29.0 Å². The Kier molecular flexibility index (Phi) is 3.22. The van der Waals surface area contributed by atoms with Gasteiger partial charge in [0.2, 0.25) is 0 Å². The van der Waals surface area contributed by atoms with Crippen molar-refractivity contribution in [1.82, 2.24) is 9.55 Å². The van der Waals surface area contributed by atoms with Crippen molar-refractivity contribution in [1.29, 1.82) is 0 Å². The fourth-order valence-electron chi connectivity index (χ4n) is 2.52. The van der Waals surface area contributed by atoms with E-state index in [0.717, 1.165) is 28.6 Å². The lowest BCUT2D eigenvalue weighted by Gasteiger charge is -2.15. The van der Waals surface area contributed by atoms with Crippen molar-refractivity contribution in [2.45, 2.75) is 32.3 Å². The molecule has 1 N–H and O–H groups in total. The predicted octanol–water partition coefficient (Wildman–Crippen LogP) is 3.01. The van der Waals surface area contributed by atoms with E-state index in [1.165, 1.54) is 24.2 Å². The van der Waals surface area contributed by atoms with Gasteiger partial charge in [-0.3, -0.25) is 0 Å². The van der Waals surface area contributed by atoms with E-state index in [0.29, 0.717) is 0 Å². The first-order chi connectivity index (χ1) is 8.79. The number of imidazole rings is 1. The van der Waals surface area contributed by atoms with Crippen molar-refractivity contribution < 1.29 is 5.11 Å². The highest BCUT2D eigenvalue weighted by molar-refractivity contribution is 9.10. The maximum absolute atomic E-state index is 9.14. The van der Waals surface area contributed by atoms with Crippen LogP contribution < -0.4 is 0 Å². The highest BCUT2D eigenvalue weighted by atomic mass is 79.9. The Labute approximate surface area is 115 Å². The van der Waals surface area contributed by atoms with Crippen molar-refractivity contribution in [2.24, 2.45) is 0 Å². The molecule has 0 saturated heterocycles. The van der Waals surface area contributed by atoms with Crippen LogP contribution in [0.1, 0.15) is 29.8 Å². The standard InChI is InChI=1S/C14H15BrN2O/c15-11-7-10(8-18)5-6-13(11)17-9-16-12-3-1-2-4-14(12)17/h5-7,9,18H,1-4,8H2. The third-order valence-corrected chi connectivity index (χ3v) is 4.12. The number of aryl methyl sites for hydroxylation is 1. The molecule has 1 aliphatic carbocycles. The fourth-order valence-corrected chi connectivity index (χ4v) is 3.14. The molecule has 3 nitrogen and oxygen atoms in total. The summed E-state index contributed by atoms with van der Waals surface area (Å²) in [5.74, 6) is 0. The van der Waals surface area contributed by atoms with Crippen LogP contribution in [0.25, 0.3) is 5.69 Å². The van der Waals surface area contributed by atoms with Crippen LogP contribution in [0.2, 0.25) is 0 Å². The molecule has 3 rings (SSSR count). The number of halogens is 1. The van der Waals surface area contributed by atoms with Crippen molar-refractivity contribution in [3.63, 3.8) is 0 Å². The number of fused-ring (bicyclic) bond motifs is 1. The van der Waals surface area contributed by atoms with Gasteiger partial charge in [-0.1, -0.05) is 6.07 Å². The molecule has 1 aromatic carbocycles. The molecule has 0 bridgehead atoms. The van der Waals surface area contributed by atoms with Crippen molar-refractivity contribution >= 4 is 15.9 Å². The summed E-state index contributed by atoms with van der Waals surface area (Å²) >= 11 is 3.58. The minimum atomic E-state index is 0.0704. The van der Waals surface area contributed by atoms with Crippen LogP contribution in [0.4, 0.5) is 0 Å². The second kappa shape index (κ2) is 4.86. The molecule has 1 heterocycles. The maximum atomic E-state index is 9.14. The Bertz CT molecular complexity index is 577. The van der Waals surface area contributed by atoms with E-state index in [9.17, 15) is 0 Å². The number of aliphatic hydroxyl groups is 1. The molecule has 0 saturated carbocycles. The predicted molar refractivity (Wildman–Crippen MR) is 73.8 cm³/mol. The largest absolute Gasteiger partial charge is 0.392 e. The first kappa shape index (κ1) is 11.9. The summed E-state index contributed by atoms with van der Waals surface area (Å²) in [6.07, 6.45) is 6.59. The van der Waals surface area contributed by atoms with Gasteiger partial charge in [-0.2, -0.15) is 0 Å². The number of benzene rings is 1. The van der Waals surface area contributed by atoms with Gasteiger partial charge in [0.25, 0.3) is 0 Å². The van der Waals surface area contributed by atoms with E-state index < -0.39 is 0 Å². The van der Waals surface area contributed by atoms with Gasteiger partial charge in [0.15, 0.2) is 0 Å². The maximum Gasteiger partial charge on any atom is 0.0998 e. The first-order valence-corrected chi connectivity index (χ1v) is 7.03. The zero-order valence-corrected chi connectivity index (χ0v) is 11.7. The van der Waals surface area contributed by atoms with Crippen molar-refractivity contribution in [2.75, 3.05) is 0 Å². The molecule has 0 spiro atoms. The zero-order valence-electron chi connectivity index (χ0n) is 10.1. The van der Waals surface area contributed by atoms with E-state index in [-0.39, 0.29) is 6.61 Å². The highest BCUT2D eigenvalue weighted by Gasteiger charge is 2.17. The summed E-state index contributed by atoms with van der Waals surface area (Å²) in [5.41, 5.74) is 4.58. The lowest BCUT2D eigenvalue weighted by Crippen LogP contribution is -2.07. The number of aliphatic hydroxyl groups excluding tert-OH is 1. The lowest BCUT2D eigenvalue weighted by atomic mass is 10.0. The zero-order chi connectivity index (χ0) is 12.5. The van der Waals surface area contributed by atoms with Crippen LogP contribution in [0.5, 0.6) is 0 Å². The molecule has 0 atom stereocenters. The smallest absolute Gasteiger partial charge is 0.0998 e. The minimum absolute atomic E-state index is 0.0704. The summed E-state index contributed by atoms with van der Waals surface area (Å²) in [7, 11) is 0. The van der Waals surface area contributed by atoms with Crippen molar-refractivity contribution in [3.05, 3.63) is 46.0 Å². The Morgan fingerprint density at radius 1 is 1.28 bits per heavy atom. The molecule has 0 radical (unpaired) electrons. The van der Waals surface area contributed by atoms with Gasteiger partial charge in [-0.25, -0.2) is 4.98 Å². The molecular formula is C14H15BrN2O. The molecule has 0 fully saturated rings. The lowest BCUT2D eigenvalue weighted by molar-refractivity contribution is 0.282. The third kappa shape index (κ3) is 1.99. The second-order valence-corrected chi connectivity index (χ2v) is 5.51. The number of hydrogen-bond acceptors (Lipinski definition) is 2.